The Labute approximate surface area is 106 Å². The van der Waals surface area contributed by atoms with E-state index in [9.17, 15) is 4.79 Å². The lowest BCUT2D eigenvalue weighted by atomic mass is 10.0. The van der Waals surface area contributed by atoms with E-state index < -0.39 is 0 Å². The minimum Gasteiger partial charge on any atom is -0.336 e. The van der Waals surface area contributed by atoms with Gasteiger partial charge in [0.05, 0.1) is 10.7 Å². The van der Waals surface area contributed by atoms with Crippen LogP contribution in [0.25, 0.3) is 6.08 Å². The Morgan fingerprint density at radius 2 is 2.41 bits per heavy atom. The maximum atomic E-state index is 12.0. The van der Waals surface area contributed by atoms with Crippen LogP contribution in [0.1, 0.15) is 36.9 Å². The van der Waals surface area contributed by atoms with Gasteiger partial charge in [0.2, 0.25) is 5.91 Å². The van der Waals surface area contributed by atoms with E-state index in [2.05, 4.69) is 11.9 Å². The molecule has 0 saturated carbocycles. The van der Waals surface area contributed by atoms with Crippen molar-refractivity contribution in [1.29, 1.82) is 0 Å². The van der Waals surface area contributed by atoms with Crippen LogP contribution in [-0.4, -0.2) is 28.4 Å². The van der Waals surface area contributed by atoms with Gasteiger partial charge in [0.1, 0.15) is 0 Å². The molecule has 0 spiro atoms. The van der Waals surface area contributed by atoms with Gasteiger partial charge in [-0.25, -0.2) is 4.98 Å². The van der Waals surface area contributed by atoms with E-state index in [1.165, 1.54) is 6.42 Å². The lowest BCUT2D eigenvalue weighted by molar-refractivity contribution is -0.129. The van der Waals surface area contributed by atoms with Crippen molar-refractivity contribution >= 4 is 23.3 Å². The Kier molecular flexibility index (Phi) is 3.94. The molecule has 0 aliphatic carbocycles. The second-order valence-corrected chi connectivity index (χ2v) is 5.56. The number of likely N-dealkylation sites (tertiary alicyclic amines) is 1. The summed E-state index contributed by atoms with van der Waals surface area (Å²) in [6.45, 7) is 4.98. The fraction of sp³-hybridized carbons (Fsp3) is 0.538. The number of carbonyl (C=O) groups is 1. The summed E-state index contributed by atoms with van der Waals surface area (Å²) in [7, 11) is 0. The van der Waals surface area contributed by atoms with E-state index in [0.717, 1.165) is 30.1 Å². The summed E-state index contributed by atoms with van der Waals surface area (Å²) in [4.78, 5) is 18.3. The summed E-state index contributed by atoms with van der Waals surface area (Å²) in [6.07, 6.45) is 6.94. The lowest BCUT2D eigenvalue weighted by Gasteiger charge is -2.32. The van der Waals surface area contributed by atoms with Crippen molar-refractivity contribution in [3.8, 4) is 0 Å². The van der Waals surface area contributed by atoms with Crippen LogP contribution in [0, 0.1) is 6.92 Å². The molecular weight excluding hydrogens is 232 g/mol. The molecule has 1 aliphatic rings. The second-order valence-electron chi connectivity index (χ2n) is 4.50. The van der Waals surface area contributed by atoms with Crippen LogP contribution < -0.4 is 0 Å². The third-order valence-electron chi connectivity index (χ3n) is 3.12. The largest absolute Gasteiger partial charge is 0.336 e. The third-order valence-corrected chi connectivity index (χ3v) is 3.91. The Hall–Kier alpha value is -1.16. The Morgan fingerprint density at radius 1 is 1.59 bits per heavy atom. The minimum atomic E-state index is 0.114. The smallest absolute Gasteiger partial charge is 0.246 e. The summed E-state index contributed by atoms with van der Waals surface area (Å²) in [5, 5.41) is 3.00. The highest BCUT2D eigenvalue weighted by atomic mass is 32.1. The zero-order valence-electron chi connectivity index (χ0n) is 10.3. The van der Waals surface area contributed by atoms with Gasteiger partial charge in [0.25, 0.3) is 0 Å². The van der Waals surface area contributed by atoms with Gasteiger partial charge < -0.3 is 4.90 Å². The van der Waals surface area contributed by atoms with Crippen LogP contribution in [0.15, 0.2) is 11.5 Å². The molecule has 1 aliphatic heterocycles. The lowest BCUT2D eigenvalue weighted by Crippen LogP contribution is -2.41. The maximum Gasteiger partial charge on any atom is 0.246 e. The SMILES string of the molecule is Cc1nc(/C=C/C(=O)N2CCCCC2C)cs1. The summed E-state index contributed by atoms with van der Waals surface area (Å²) in [6, 6.07) is 0.373. The molecule has 2 rings (SSSR count). The van der Waals surface area contributed by atoms with Crippen LogP contribution in [0.5, 0.6) is 0 Å². The first-order chi connectivity index (χ1) is 8.16. The van der Waals surface area contributed by atoms with E-state index in [0.29, 0.717) is 6.04 Å². The minimum absolute atomic E-state index is 0.114. The number of aryl methyl sites for hydroxylation is 1. The number of hydrogen-bond acceptors (Lipinski definition) is 3. The topological polar surface area (TPSA) is 33.2 Å². The van der Waals surface area contributed by atoms with Gasteiger partial charge in [-0.05, 0) is 39.2 Å². The molecule has 3 nitrogen and oxygen atoms in total. The maximum absolute atomic E-state index is 12.0. The molecule has 2 heterocycles. The summed E-state index contributed by atoms with van der Waals surface area (Å²) in [5.74, 6) is 0.114. The number of hydrogen-bond donors (Lipinski definition) is 0. The van der Waals surface area contributed by atoms with Gasteiger partial charge in [0, 0.05) is 24.0 Å². The fourth-order valence-electron chi connectivity index (χ4n) is 2.13. The van der Waals surface area contributed by atoms with Crippen LogP contribution in [0.4, 0.5) is 0 Å². The van der Waals surface area contributed by atoms with Crippen molar-refractivity contribution < 1.29 is 4.79 Å². The molecule has 92 valence electrons. The van der Waals surface area contributed by atoms with Gasteiger partial charge >= 0.3 is 0 Å². The van der Waals surface area contributed by atoms with Gasteiger partial charge in [-0.1, -0.05) is 0 Å². The Bertz CT molecular complexity index is 425. The quantitative estimate of drug-likeness (QED) is 0.756. The number of thiazole rings is 1. The van der Waals surface area contributed by atoms with E-state index in [1.54, 1.807) is 17.4 Å². The summed E-state index contributed by atoms with van der Waals surface area (Å²) in [5.41, 5.74) is 0.880. The van der Waals surface area contributed by atoms with E-state index in [-0.39, 0.29) is 5.91 Å². The van der Waals surface area contributed by atoms with Crippen molar-refractivity contribution in [1.82, 2.24) is 9.88 Å². The van der Waals surface area contributed by atoms with Crippen molar-refractivity contribution in [2.75, 3.05) is 6.54 Å². The highest BCUT2D eigenvalue weighted by Crippen LogP contribution is 2.17. The molecule has 0 N–H and O–H groups in total. The first kappa shape index (κ1) is 12.3. The van der Waals surface area contributed by atoms with Crippen LogP contribution >= 0.6 is 11.3 Å². The van der Waals surface area contributed by atoms with Crippen molar-refractivity contribution in [2.45, 2.75) is 39.2 Å². The average Bonchev–Trinajstić information content (AvgIpc) is 2.73. The number of carbonyl (C=O) groups excluding carboxylic acids is 1. The van der Waals surface area contributed by atoms with E-state index >= 15 is 0 Å². The van der Waals surface area contributed by atoms with Crippen LogP contribution in [0.3, 0.4) is 0 Å². The average molecular weight is 250 g/mol. The Balaban J connectivity index is 1.98. The monoisotopic (exact) mass is 250 g/mol. The van der Waals surface area contributed by atoms with Gasteiger partial charge in [-0.3, -0.25) is 4.79 Å². The van der Waals surface area contributed by atoms with Gasteiger partial charge in [0.15, 0.2) is 0 Å². The number of nitrogens with zero attached hydrogens (tertiary/aromatic N) is 2. The number of amides is 1. The standard InChI is InChI=1S/C13H18N2OS/c1-10-5-3-4-8-15(10)13(16)7-6-12-9-17-11(2)14-12/h6-7,9-10H,3-5,8H2,1-2H3/b7-6+. The molecule has 0 bridgehead atoms. The second kappa shape index (κ2) is 5.45. The van der Waals surface area contributed by atoms with Gasteiger partial charge in [-0.2, -0.15) is 0 Å². The molecule has 1 aromatic rings. The summed E-state index contributed by atoms with van der Waals surface area (Å²) < 4.78 is 0. The molecular formula is C13H18N2OS. The van der Waals surface area contributed by atoms with Crippen molar-refractivity contribution in [3.05, 3.63) is 22.2 Å². The van der Waals surface area contributed by atoms with Crippen LogP contribution in [0.2, 0.25) is 0 Å². The van der Waals surface area contributed by atoms with E-state index in [1.807, 2.05) is 23.3 Å². The fourth-order valence-corrected chi connectivity index (χ4v) is 2.72. The molecule has 1 atom stereocenters. The third kappa shape index (κ3) is 3.16. The van der Waals surface area contributed by atoms with Crippen molar-refractivity contribution in [3.63, 3.8) is 0 Å². The molecule has 17 heavy (non-hydrogen) atoms. The molecule has 1 saturated heterocycles. The number of piperidine rings is 1. The molecule has 0 radical (unpaired) electrons. The zero-order valence-corrected chi connectivity index (χ0v) is 11.2. The van der Waals surface area contributed by atoms with Gasteiger partial charge in [-0.15, -0.1) is 11.3 Å². The summed E-state index contributed by atoms with van der Waals surface area (Å²) >= 11 is 1.60. The molecule has 0 aromatic carbocycles. The predicted octanol–water partition coefficient (Wildman–Crippen LogP) is 2.87. The highest BCUT2D eigenvalue weighted by molar-refractivity contribution is 7.09. The van der Waals surface area contributed by atoms with E-state index in [4.69, 9.17) is 0 Å². The molecule has 1 amide bonds. The number of rotatable bonds is 2. The predicted molar refractivity (Wildman–Crippen MR) is 70.9 cm³/mol. The first-order valence-electron chi connectivity index (χ1n) is 6.07. The molecule has 4 heteroatoms. The normalized spacial score (nSPS) is 21.1. The van der Waals surface area contributed by atoms with Crippen LogP contribution in [-0.2, 0) is 4.79 Å². The Morgan fingerprint density at radius 3 is 3.06 bits per heavy atom. The highest BCUT2D eigenvalue weighted by Gasteiger charge is 2.21. The molecule has 1 aromatic heterocycles. The zero-order chi connectivity index (χ0) is 12.3. The van der Waals surface area contributed by atoms with Crippen molar-refractivity contribution in [2.24, 2.45) is 0 Å². The first-order valence-corrected chi connectivity index (χ1v) is 6.95. The number of aromatic nitrogens is 1. The molecule has 1 fully saturated rings. The molecule has 1 unspecified atom stereocenters.